The molecule has 3 aromatic rings. The Kier molecular flexibility index (Phi) is 6.02. The van der Waals surface area contributed by atoms with Gasteiger partial charge in [-0.15, -0.1) is 0 Å². The smallest absolute Gasteiger partial charge is 0.248 e. The molecule has 1 aliphatic rings. The maximum Gasteiger partial charge on any atom is 0.248 e. The molecule has 0 fully saturated rings. The van der Waals surface area contributed by atoms with Gasteiger partial charge in [-0.05, 0) is 49.7 Å². The SMILES string of the molecule is CCC(=O)N1N=C(c2ccc(C)c(C)c2)Sc2c1nc(-c1ccc(C)cc1)n2C(=O)CC. The molecule has 2 heterocycles. The highest BCUT2D eigenvalue weighted by Gasteiger charge is 2.33. The van der Waals surface area contributed by atoms with Crippen LogP contribution in [0, 0.1) is 20.8 Å². The highest BCUT2D eigenvalue weighted by molar-refractivity contribution is 8.14. The van der Waals surface area contributed by atoms with Crippen LogP contribution in [-0.2, 0) is 4.79 Å². The van der Waals surface area contributed by atoms with Crippen molar-refractivity contribution in [3.8, 4) is 11.4 Å². The fraction of sp³-hybridized carbons (Fsp3) is 0.280. The van der Waals surface area contributed by atoms with Crippen LogP contribution in [0.4, 0.5) is 5.82 Å². The number of nitrogens with zero attached hydrogens (tertiary/aromatic N) is 4. The first kappa shape index (κ1) is 22.0. The number of benzene rings is 2. The van der Waals surface area contributed by atoms with Gasteiger partial charge in [-0.2, -0.15) is 10.1 Å². The standard InChI is InChI=1S/C25H26N4O2S/c1-6-20(30)28-22(18-11-8-15(3)9-12-18)26-23-25(28)32-24(27-29(23)21(31)7-2)19-13-10-16(4)17(5)14-19/h8-14H,6-7H2,1-5H3. The molecule has 164 valence electrons. The topological polar surface area (TPSA) is 67.6 Å². The molecule has 0 N–H and O–H groups in total. The predicted octanol–water partition coefficient (Wildman–Crippen LogP) is 5.74. The van der Waals surface area contributed by atoms with Crippen molar-refractivity contribution in [2.45, 2.75) is 52.5 Å². The summed E-state index contributed by atoms with van der Waals surface area (Å²) in [5.74, 6) is 0.690. The van der Waals surface area contributed by atoms with Crippen LogP contribution in [0.1, 0.15) is 53.7 Å². The summed E-state index contributed by atoms with van der Waals surface area (Å²) in [6.45, 7) is 9.74. The maximum atomic E-state index is 13.1. The number of hydrazone groups is 1. The molecule has 4 rings (SSSR count). The summed E-state index contributed by atoms with van der Waals surface area (Å²) in [6, 6.07) is 14.0. The van der Waals surface area contributed by atoms with Crippen LogP contribution in [0.15, 0.2) is 52.6 Å². The Bertz CT molecular complexity index is 1240. The van der Waals surface area contributed by atoms with Gasteiger partial charge >= 0.3 is 0 Å². The van der Waals surface area contributed by atoms with E-state index in [1.54, 1.807) is 11.5 Å². The number of fused-ring (bicyclic) bond motifs is 1. The number of carbonyl (C=O) groups excluding carboxylic acids is 2. The largest absolute Gasteiger partial charge is 0.274 e. The monoisotopic (exact) mass is 446 g/mol. The second-order valence-corrected chi connectivity index (χ2v) is 8.86. The number of imidazole rings is 1. The first-order valence-corrected chi connectivity index (χ1v) is 11.6. The van der Waals surface area contributed by atoms with Crippen molar-refractivity contribution in [3.05, 3.63) is 64.7 Å². The Labute approximate surface area is 192 Å². The molecule has 2 aromatic carbocycles. The minimum atomic E-state index is -0.170. The predicted molar refractivity (Wildman–Crippen MR) is 129 cm³/mol. The Morgan fingerprint density at radius 3 is 2.16 bits per heavy atom. The van der Waals surface area contributed by atoms with E-state index in [4.69, 9.17) is 4.98 Å². The van der Waals surface area contributed by atoms with Crippen molar-refractivity contribution in [2.75, 3.05) is 5.01 Å². The first-order valence-electron chi connectivity index (χ1n) is 10.7. The number of aromatic nitrogens is 2. The van der Waals surface area contributed by atoms with E-state index in [-0.39, 0.29) is 18.2 Å². The molecule has 6 nitrogen and oxygen atoms in total. The van der Waals surface area contributed by atoms with Gasteiger partial charge in [0.15, 0.2) is 5.82 Å². The molecule has 0 unspecified atom stereocenters. The quantitative estimate of drug-likeness (QED) is 0.513. The minimum Gasteiger partial charge on any atom is -0.274 e. The van der Waals surface area contributed by atoms with Gasteiger partial charge in [-0.25, -0.2) is 4.98 Å². The van der Waals surface area contributed by atoms with Crippen LogP contribution in [0.5, 0.6) is 0 Å². The van der Waals surface area contributed by atoms with Crippen LogP contribution in [0.3, 0.4) is 0 Å². The van der Waals surface area contributed by atoms with Gasteiger partial charge in [0.25, 0.3) is 0 Å². The number of amides is 1. The zero-order chi connectivity index (χ0) is 23.0. The van der Waals surface area contributed by atoms with Gasteiger partial charge in [0.2, 0.25) is 11.8 Å². The summed E-state index contributed by atoms with van der Waals surface area (Å²) >= 11 is 1.38. The number of aryl methyl sites for hydroxylation is 3. The second kappa shape index (κ2) is 8.74. The van der Waals surface area contributed by atoms with E-state index in [9.17, 15) is 9.59 Å². The van der Waals surface area contributed by atoms with Gasteiger partial charge in [0.1, 0.15) is 15.9 Å². The molecule has 0 bridgehead atoms. The van der Waals surface area contributed by atoms with Crippen LogP contribution in [0.2, 0.25) is 0 Å². The lowest BCUT2D eigenvalue weighted by atomic mass is 10.1. The zero-order valence-electron chi connectivity index (χ0n) is 19.0. The summed E-state index contributed by atoms with van der Waals surface area (Å²) in [7, 11) is 0. The molecule has 32 heavy (non-hydrogen) atoms. The molecule has 7 heteroatoms. The number of hydrogen-bond acceptors (Lipinski definition) is 5. The van der Waals surface area contributed by atoms with Crippen molar-refractivity contribution >= 4 is 34.4 Å². The van der Waals surface area contributed by atoms with Gasteiger partial charge in [0, 0.05) is 24.0 Å². The molecular weight excluding hydrogens is 420 g/mol. The number of carbonyl (C=O) groups is 2. The number of rotatable bonds is 4. The average Bonchev–Trinajstić information content (AvgIpc) is 3.19. The van der Waals surface area contributed by atoms with E-state index in [0.717, 1.165) is 22.3 Å². The van der Waals surface area contributed by atoms with Crippen LogP contribution < -0.4 is 5.01 Å². The Morgan fingerprint density at radius 1 is 0.875 bits per heavy atom. The third-order valence-corrected chi connectivity index (χ3v) is 6.63. The fourth-order valence-corrected chi connectivity index (χ4v) is 4.53. The first-order chi connectivity index (χ1) is 15.3. The van der Waals surface area contributed by atoms with E-state index in [1.807, 2.05) is 57.2 Å². The second-order valence-electron chi connectivity index (χ2n) is 7.88. The summed E-state index contributed by atoms with van der Waals surface area (Å²) in [5, 5.41) is 7.31. The zero-order valence-corrected chi connectivity index (χ0v) is 19.8. The van der Waals surface area contributed by atoms with Crippen LogP contribution in [-0.4, -0.2) is 26.4 Å². The normalized spacial score (nSPS) is 13.0. The summed E-state index contributed by atoms with van der Waals surface area (Å²) in [4.78, 5) is 30.7. The third-order valence-electron chi connectivity index (χ3n) is 5.56. The van der Waals surface area contributed by atoms with E-state index in [0.29, 0.717) is 28.1 Å². The van der Waals surface area contributed by atoms with E-state index < -0.39 is 0 Å². The Hall–Kier alpha value is -3.19. The lowest BCUT2D eigenvalue weighted by Crippen LogP contribution is -2.29. The summed E-state index contributed by atoms with van der Waals surface area (Å²) in [6.07, 6.45) is 0.600. The van der Waals surface area contributed by atoms with Crippen LogP contribution >= 0.6 is 11.8 Å². The van der Waals surface area contributed by atoms with Gasteiger partial charge in [-0.1, -0.05) is 55.8 Å². The fourth-order valence-electron chi connectivity index (χ4n) is 3.47. The van der Waals surface area contributed by atoms with E-state index in [1.165, 1.54) is 22.3 Å². The van der Waals surface area contributed by atoms with Crippen molar-refractivity contribution in [3.63, 3.8) is 0 Å². The lowest BCUT2D eigenvalue weighted by Gasteiger charge is -2.23. The third kappa shape index (κ3) is 3.88. The van der Waals surface area contributed by atoms with E-state index >= 15 is 0 Å². The number of anilines is 1. The Balaban J connectivity index is 1.92. The lowest BCUT2D eigenvalue weighted by molar-refractivity contribution is -0.118. The number of thioether (sulfide) groups is 1. The molecule has 1 aliphatic heterocycles. The van der Waals surface area contributed by atoms with Crippen LogP contribution in [0.25, 0.3) is 11.4 Å². The molecule has 0 radical (unpaired) electrons. The molecule has 0 spiro atoms. The van der Waals surface area contributed by atoms with Crippen molar-refractivity contribution in [1.29, 1.82) is 0 Å². The molecule has 0 atom stereocenters. The van der Waals surface area contributed by atoms with Crippen molar-refractivity contribution in [1.82, 2.24) is 9.55 Å². The van der Waals surface area contributed by atoms with Crippen molar-refractivity contribution < 1.29 is 9.59 Å². The molecular formula is C25H26N4O2S. The molecule has 1 amide bonds. The van der Waals surface area contributed by atoms with E-state index in [2.05, 4.69) is 18.1 Å². The minimum absolute atomic E-state index is 0.0768. The summed E-state index contributed by atoms with van der Waals surface area (Å²) in [5.41, 5.74) is 5.18. The number of hydrogen-bond donors (Lipinski definition) is 0. The molecule has 1 aromatic heterocycles. The van der Waals surface area contributed by atoms with Gasteiger partial charge in [0.05, 0.1) is 0 Å². The molecule has 0 saturated carbocycles. The van der Waals surface area contributed by atoms with Gasteiger partial charge in [-0.3, -0.25) is 14.2 Å². The highest BCUT2D eigenvalue weighted by Crippen LogP contribution is 2.41. The average molecular weight is 447 g/mol. The Morgan fingerprint density at radius 2 is 1.53 bits per heavy atom. The summed E-state index contributed by atoms with van der Waals surface area (Å²) < 4.78 is 1.64. The molecule has 0 aliphatic carbocycles. The highest BCUT2D eigenvalue weighted by atomic mass is 32.2. The maximum absolute atomic E-state index is 13.1. The van der Waals surface area contributed by atoms with Crippen molar-refractivity contribution in [2.24, 2.45) is 5.10 Å². The molecule has 0 saturated heterocycles. The van der Waals surface area contributed by atoms with Gasteiger partial charge < -0.3 is 0 Å².